The highest BCUT2D eigenvalue weighted by molar-refractivity contribution is 7.98. The van der Waals surface area contributed by atoms with Gasteiger partial charge in [0.15, 0.2) is 11.0 Å². The molecule has 276 valence electrons. The maximum absolute atomic E-state index is 13.6. The number of rotatable bonds is 15. The van der Waals surface area contributed by atoms with E-state index in [0.29, 0.717) is 30.4 Å². The lowest BCUT2D eigenvalue weighted by molar-refractivity contribution is -0.137. The van der Waals surface area contributed by atoms with Crippen molar-refractivity contribution in [2.24, 2.45) is 11.8 Å². The van der Waals surface area contributed by atoms with Gasteiger partial charge in [-0.15, -0.1) is 10.2 Å². The van der Waals surface area contributed by atoms with E-state index >= 15 is 0 Å². The van der Waals surface area contributed by atoms with Gasteiger partial charge in [0.1, 0.15) is 11.6 Å². The number of halogens is 4. The molecule has 52 heavy (non-hydrogen) atoms. The van der Waals surface area contributed by atoms with Crippen LogP contribution in [-0.2, 0) is 44.3 Å². The molecule has 2 unspecified atom stereocenters. The van der Waals surface area contributed by atoms with Crippen molar-refractivity contribution in [2.45, 2.75) is 89.5 Å². The normalized spacial score (nSPS) is 17.2. The number of thioether (sulfide) groups is 1. The van der Waals surface area contributed by atoms with Crippen LogP contribution < -0.4 is 5.56 Å². The number of aromatic nitrogens is 5. The van der Waals surface area contributed by atoms with Crippen molar-refractivity contribution in [3.8, 4) is 0 Å². The van der Waals surface area contributed by atoms with Crippen molar-refractivity contribution < 1.29 is 17.6 Å². The molecule has 4 aromatic rings. The molecule has 2 aliphatic rings. The number of hydrogen-bond acceptors (Lipinski definition) is 6. The molecule has 2 atom stereocenters. The largest absolute Gasteiger partial charge is 0.416 e. The molecule has 2 aromatic heterocycles. The molecule has 0 spiro atoms. The van der Waals surface area contributed by atoms with Crippen molar-refractivity contribution >= 4 is 17.3 Å². The Hall–Kier alpha value is -4.03. The summed E-state index contributed by atoms with van der Waals surface area (Å²) in [6.45, 7) is 10.6. The van der Waals surface area contributed by atoms with Gasteiger partial charge in [0.2, 0.25) is 0 Å². The van der Waals surface area contributed by atoms with Crippen molar-refractivity contribution in [2.75, 3.05) is 19.6 Å². The first-order chi connectivity index (χ1) is 25.0. The molecule has 2 heterocycles. The van der Waals surface area contributed by atoms with Gasteiger partial charge in [-0.3, -0.25) is 4.79 Å². The van der Waals surface area contributed by atoms with Crippen LogP contribution in [0.2, 0.25) is 0 Å². The predicted molar refractivity (Wildman–Crippen MR) is 198 cm³/mol. The van der Waals surface area contributed by atoms with E-state index in [-0.39, 0.29) is 23.2 Å². The van der Waals surface area contributed by atoms with Gasteiger partial charge in [0, 0.05) is 35.9 Å². The topological polar surface area (TPSA) is 68.8 Å². The summed E-state index contributed by atoms with van der Waals surface area (Å²) >= 11 is 1.46. The Morgan fingerprint density at radius 2 is 1.67 bits per heavy atom. The fourth-order valence-corrected chi connectivity index (χ4v) is 8.09. The number of nitrogens with zero attached hydrogens (tertiary/aromatic N) is 6. The smallest absolute Gasteiger partial charge is 0.316 e. The molecule has 0 N–H and O–H groups in total. The highest BCUT2D eigenvalue weighted by Gasteiger charge is 2.30. The van der Waals surface area contributed by atoms with Crippen LogP contribution in [0.25, 0.3) is 5.57 Å². The van der Waals surface area contributed by atoms with Crippen LogP contribution in [0.15, 0.2) is 76.7 Å². The van der Waals surface area contributed by atoms with Gasteiger partial charge < -0.3 is 14.0 Å². The highest BCUT2D eigenvalue weighted by Crippen LogP contribution is 2.34. The van der Waals surface area contributed by atoms with Gasteiger partial charge in [-0.25, -0.2) is 4.39 Å². The predicted octanol–water partition coefficient (Wildman–Crippen LogP) is 8.39. The maximum atomic E-state index is 13.6. The molecule has 2 aliphatic carbocycles. The fraction of sp³-hybridized carbons (Fsp3) is 0.450. The molecule has 0 bridgehead atoms. The molecule has 0 fully saturated rings. The molecule has 6 rings (SSSR count). The van der Waals surface area contributed by atoms with Crippen LogP contribution in [0.1, 0.15) is 79.6 Å². The standard InChI is InChI=1S/C40H46F4N6OS/c1-4-48(5-2)22-7-6-11-36-46-47-37(50(36)24-31-15-14-30(23-27(31)3)29-16-18-32(19-17-29)40(42,43)44)25-49-35-10-8-9-34(35)38(51)45-39(49)52-26-28-12-20-33(41)21-13-28/h12-21,23,27,31H,4-11,22,24-26H2,1-3H3. The van der Waals surface area contributed by atoms with Gasteiger partial charge in [-0.05, 0) is 98.6 Å². The second-order valence-corrected chi connectivity index (χ2v) is 14.6. The van der Waals surface area contributed by atoms with Crippen LogP contribution in [0.4, 0.5) is 17.6 Å². The molecule has 0 saturated heterocycles. The van der Waals surface area contributed by atoms with E-state index in [1.165, 1.54) is 36.0 Å². The number of allylic oxidation sites excluding steroid dienone is 4. The third-order valence-corrected chi connectivity index (χ3v) is 11.3. The monoisotopic (exact) mass is 734 g/mol. The number of alkyl halides is 3. The molecule has 0 saturated carbocycles. The summed E-state index contributed by atoms with van der Waals surface area (Å²) < 4.78 is 57.5. The van der Waals surface area contributed by atoms with E-state index in [0.717, 1.165) is 103 Å². The number of hydrogen-bond donors (Lipinski definition) is 0. The SMILES string of the molecule is CCN(CC)CCCCc1nnc(Cn2c(SCc3ccc(F)cc3)nc(=O)c3c2CCC3)n1CC1C=CC(c2ccc(C(F)(F)F)cc2)=CC1C. The minimum absolute atomic E-state index is 0.104. The summed E-state index contributed by atoms with van der Waals surface area (Å²) in [5, 5.41) is 10.1. The van der Waals surface area contributed by atoms with E-state index in [2.05, 4.69) is 51.9 Å². The second kappa shape index (κ2) is 16.8. The van der Waals surface area contributed by atoms with Gasteiger partial charge in [0.05, 0.1) is 12.1 Å². The molecule has 0 amide bonds. The van der Waals surface area contributed by atoms with E-state index in [1.807, 2.05) is 6.08 Å². The lowest BCUT2D eigenvalue weighted by Gasteiger charge is -2.26. The molecule has 2 aromatic carbocycles. The van der Waals surface area contributed by atoms with Crippen LogP contribution in [-0.4, -0.2) is 48.8 Å². The molecule has 7 nitrogen and oxygen atoms in total. The Labute approximate surface area is 306 Å². The number of benzene rings is 2. The molecular weight excluding hydrogens is 689 g/mol. The third kappa shape index (κ3) is 8.94. The summed E-state index contributed by atoms with van der Waals surface area (Å²) in [5.41, 5.74) is 3.50. The Morgan fingerprint density at radius 3 is 2.37 bits per heavy atom. The van der Waals surface area contributed by atoms with Gasteiger partial charge >= 0.3 is 6.18 Å². The Kier molecular flexibility index (Phi) is 12.2. The first-order valence-corrected chi connectivity index (χ1v) is 19.2. The first kappa shape index (κ1) is 37.7. The summed E-state index contributed by atoms with van der Waals surface area (Å²) in [6, 6.07) is 11.7. The zero-order valence-electron chi connectivity index (χ0n) is 30.0. The lowest BCUT2D eigenvalue weighted by Crippen LogP contribution is -2.25. The van der Waals surface area contributed by atoms with Gasteiger partial charge in [-0.1, -0.05) is 75.0 Å². The first-order valence-electron chi connectivity index (χ1n) is 18.2. The molecule has 0 radical (unpaired) electrons. The van der Waals surface area contributed by atoms with Gasteiger partial charge in [0.25, 0.3) is 5.56 Å². The van der Waals surface area contributed by atoms with Crippen molar-refractivity contribution in [1.29, 1.82) is 0 Å². The van der Waals surface area contributed by atoms with Crippen molar-refractivity contribution in [3.05, 3.63) is 123 Å². The summed E-state index contributed by atoms with van der Waals surface area (Å²) in [7, 11) is 0. The fourth-order valence-electron chi connectivity index (χ4n) is 7.12. The Morgan fingerprint density at radius 1 is 0.942 bits per heavy atom. The quantitative estimate of drug-likeness (QED) is 0.0529. The Bertz CT molecular complexity index is 1940. The minimum Gasteiger partial charge on any atom is -0.316 e. The summed E-state index contributed by atoms with van der Waals surface area (Å²) in [5.74, 6) is 2.16. The van der Waals surface area contributed by atoms with E-state index in [4.69, 9.17) is 10.2 Å². The molecular formula is C40H46F4N6OS. The van der Waals surface area contributed by atoms with Crippen LogP contribution >= 0.6 is 11.8 Å². The number of fused-ring (bicyclic) bond motifs is 1. The molecule has 0 aliphatic heterocycles. The Balaban J connectivity index is 1.27. The molecule has 12 heteroatoms. The number of unbranched alkanes of at least 4 members (excludes halogenated alkanes) is 1. The van der Waals surface area contributed by atoms with Crippen molar-refractivity contribution in [1.82, 2.24) is 29.2 Å². The highest BCUT2D eigenvalue weighted by atomic mass is 32.2. The average Bonchev–Trinajstić information content (AvgIpc) is 3.78. The minimum atomic E-state index is -4.37. The van der Waals surface area contributed by atoms with Gasteiger partial charge in [-0.2, -0.15) is 18.2 Å². The van der Waals surface area contributed by atoms with Crippen molar-refractivity contribution in [3.63, 3.8) is 0 Å². The summed E-state index contributed by atoms with van der Waals surface area (Å²) in [6.07, 6.45) is 7.07. The second-order valence-electron chi connectivity index (χ2n) is 13.7. The lowest BCUT2D eigenvalue weighted by atomic mass is 9.85. The average molecular weight is 735 g/mol. The number of aryl methyl sites for hydroxylation is 1. The van der Waals surface area contributed by atoms with Crippen LogP contribution in [0.5, 0.6) is 0 Å². The third-order valence-electron chi connectivity index (χ3n) is 10.3. The van der Waals surface area contributed by atoms with E-state index < -0.39 is 11.7 Å². The van der Waals surface area contributed by atoms with Crippen LogP contribution in [0, 0.1) is 17.7 Å². The summed E-state index contributed by atoms with van der Waals surface area (Å²) in [4.78, 5) is 20.1. The maximum Gasteiger partial charge on any atom is 0.416 e. The van der Waals surface area contributed by atoms with Crippen LogP contribution in [0.3, 0.4) is 0 Å². The van der Waals surface area contributed by atoms with E-state index in [1.54, 1.807) is 12.1 Å². The van der Waals surface area contributed by atoms with E-state index in [9.17, 15) is 22.4 Å². The zero-order chi connectivity index (χ0) is 36.8. The zero-order valence-corrected chi connectivity index (χ0v) is 30.8.